The Morgan fingerprint density at radius 3 is 2.77 bits per heavy atom. The lowest BCUT2D eigenvalue weighted by atomic mass is 9.92. The van der Waals surface area contributed by atoms with Crippen LogP contribution in [0.1, 0.15) is 36.9 Å². The zero-order chi connectivity index (χ0) is 9.10. The third-order valence-corrected chi connectivity index (χ3v) is 2.77. The number of benzene rings is 1. The van der Waals surface area contributed by atoms with Gasteiger partial charge in [0, 0.05) is 6.04 Å². The first kappa shape index (κ1) is 8.76. The van der Waals surface area contributed by atoms with Crippen molar-refractivity contribution in [2.24, 2.45) is 0 Å². The molecule has 1 fully saturated rings. The van der Waals surface area contributed by atoms with E-state index in [1.807, 2.05) is 0 Å². The first-order chi connectivity index (χ1) is 6.42. The molecule has 1 heteroatoms. The third-order valence-electron chi connectivity index (χ3n) is 2.77. The normalized spacial score (nSPS) is 21.2. The lowest BCUT2D eigenvalue weighted by Crippen LogP contribution is -2.35. The highest BCUT2D eigenvalue weighted by atomic mass is 15.0. The molecule has 0 saturated carbocycles. The van der Waals surface area contributed by atoms with Crippen LogP contribution < -0.4 is 5.32 Å². The fourth-order valence-corrected chi connectivity index (χ4v) is 1.93. The summed E-state index contributed by atoms with van der Waals surface area (Å²) in [6.07, 6.45) is 3.76. The predicted molar refractivity (Wildman–Crippen MR) is 55.8 cm³/mol. The van der Waals surface area contributed by atoms with Gasteiger partial charge in [0.05, 0.1) is 0 Å². The van der Waals surface area contributed by atoms with E-state index in [9.17, 15) is 0 Å². The molecule has 0 radical (unpaired) electrons. The molecular weight excluding hydrogens is 158 g/mol. The van der Waals surface area contributed by atoms with E-state index >= 15 is 0 Å². The molecule has 1 aromatic rings. The molecule has 0 spiro atoms. The summed E-state index contributed by atoms with van der Waals surface area (Å²) in [6.45, 7) is 3.43. The molecule has 70 valence electrons. The van der Waals surface area contributed by atoms with Crippen molar-refractivity contribution < 1.29 is 0 Å². The second-order valence-electron chi connectivity index (χ2n) is 3.74. The third kappa shape index (κ3) is 1.75. The summed E-state index contributed by atoms with van der Waals surface area (Å²) < 4.78 is 0. The predicted octanol–water partition coefficient (Wildman–Crippen LogP) is 2.67. The second kappa shape index (κ2) is 3.93. The summed E-state index contributed by atoms with van der Waals surface area (Å²) in [5.74, 6) is 0. The molecule has 1 aliphatic heterocycles. The van der Waals surface area contributed by atoms with E-state index in [-0.39, 0.29) is 0 Å². The molecule has 1 nitrogen and oxygen atoms in total. The van der Waals surface area contributed by atoms with Crippen molar-refractivity contribution in [2.45, 2.75) is 32.2 Å². The van der Waals surface area contributed by atoms with Gasteiger partial charge in [-0.25, -0.2) is 0 Å². The van der Waals surface area contributed by atoms with Crippen LogP contribution >= 0.6 is 0 Å². The van der Waals surface area contributed by atoms with Gasteiger partial charge in [-0.1, -0.05) is 37.6 Å². The van der Waals surface area contributed by atoms with E-state index in [0.29, 0.717) is 6.04 Å². The van der Waals surface area contributed by atoms with Crippen LogP contribution in [-0.4, -0.2) is 6.54 Å². The summed E-state index contributed by atoms with van der Waals surface area (Å²) in [6, 6.07) is 9.46. The summed E-state index contributed by atoms with van der Waals surface area (Å²) in [4.78, 5) is 0. The molecule has 1 atom stereocenters. The van der Waals surface area contributed by atoms with Crippen LogP contribution in [0.4, 0.5) is 0 Å². The van der Waals surface area contributed by atoms with Crippen molar-refractivity contribution in [2.75, 3.05) is 6.54 Å². The average molecular weight is 175 g/mol. The van der Waals surface area contributed by atoms with E-state index in [2.05, 4.69) is 36.5 Å². The van der Waals surface area contributed by atoms with Gasteiger partial charge in [0.15, 0.2) is 0 Å². The number of hydrogen-bond acceptors (Lipinski definition) is 1. The molecule has 1 aromatic carbocycles. The zero-order valence-corrected chi connectivity index (χ0v) is 8.22. The topological polar surface area (TPSA) is 12.0 Å². The maximum Gasteiger partial charge on any atom is 0.0335 e. The number of aryl methyl sites for hydroxylation is 1. The van der Waals surface area contributed by atoms with E-state index in [1.165, 1.54) is 36.9 Å². The van der Waals surface area contributed by atoms with Gasteiger partial charge in [0.25, 0.3) is 0 Å². The lowest BCUT2D eigenvalue weighted by Gasteiger charge is -2.29. The zero-order valence-electron chi connectivity index (χ0n) is 8.22. The van der Waals surface area contributed by atoms with Crippen LogP contribution in [0.5, 0.6) is 0 Å². The van der Waals surface area contributed by atoms with E-state index in [0.717, 1.165) is 0 Å². The van der Waals surface area contributed by atoms with Crippen LogP contribution in [0.2, 0.25) is 0 Å². The molecule has 0 unspecified atom stereocenters. The van der Waals surface area contributed by atoms with Crippen LogP contribution in [0, 0.1) is 0 Å². The fraction of sp³-hybridized carbons (Fsp3) is 0.500. The maximum absolute atomic E-state index is 3.46. The van der Waals surface area contributed by atoms with E-state index in [1.54, 1.807) is 0 Å². The summed E-state index contributed by atoms with van der Waals surface area (Å²) >= 11 is 0. The van der Waals surface area contributed by atoms with Crippen molar-refractivity contribution >= 4 is 0 Å². The van der Waals surface area contributed by atoms with Crippen molar-refractivity contribution in [3.8, 4) is 0 Å². The SMILES string of the molecule is CCCc1ccccc1[C@@H]1CCN1. The molecule has 0 aliphatic carbocycles. The molecule has 1 saturated heterocycles. The molecule has 0 aromatic heterocycles. The van der Waals surface area contributed by atoms with Gasteiger partial charge >= 0.3 is 0 Å². The first-order valence-electron chi connectivity index (χ1n) is 5.23. The quantitative estimate of drug-likeness (QED) is 0.744. The van der Waals surface area contributed by atoms with Gasteiger partial charge in [-0.2, -0.15) is 0 Å². The van der Waals surface area contributed by atoms with Gasteiger partial charge in [-0.3, -0.25) is 0 Å². The molecule has 2 rings (SSSR count). The minimum Gasteiger partial charge on any atom is -0.310 e. The van der Waals surface area contributed by atoms with Crippen LogP contribution in [0.25, 0.3) is 0 Å². The molecular formula is C12H17N. The Balaban J connectivity index is 2.20. The van der Waals surface area contributed by atoms with Crippen LogP contribution in [0.3, 0.4) is 0 Å². The molecule has 0 bridgehead atoms. The van der Waals surface area contributed by atoms with Crippen LogP contribution in [0.15, 0.2) is 24.3 Å². The molecule has 13 heavy (non-hydrogen) atoms. The standard InChI is InChI=1S/C12H17N/c1-2-5-10-6-3-4-7-11(10)12-8-9-13-12/h3-4,6-7,12-13H,2,5,8-9H2,1H3/t12-/m0/s1. The van der Waals surface area contributed by atoms with Gasteiger partial charge in [0.1, 0.15) is 0 Å². The van der Waals surface area contributed by atoms with E-state index in [4.69, 9.17) is 0 Å². The molecule has 0 amide bonds. The lowest BCUT2D eigenvalue weighted by molar-refractivity contribution is 0.381. The Bertz CT molecular complexity index is 276. The van der Waals surface area contributed by atoms with Gasteiger partial charge < -0.3 is 5.32 Å². The first-order valence-corrected chi connectivity index (χ1v) is 5.23. The fourth-order valence-electron chi connectivity index (χ4n) is 1.93. The Labute approximate surface area is 80.2 Å². The average Bonchev–Trinajstić information content (AvgIpc) is 2.05. The summed E-state index contributed by atoms with van der Waals surface area (Å²) in [5, 5.41) is 3.46. The highest BCUT2D eigenvalue weighted by Crippen LogP contribution is 2.26. The van der Waals surface area contributed by atoms with Crippen molar-refractivity contribution in [1.82, 2.24) is 5.32 Å². The molecule has 1 aliphatic rings. The number of hydrogen-bond donors (Lipinski definition) is 1. The summed E-state index contributed by atoms with van der Waals surface area (Å²) in [7, 11) is 0. The largest absolute Gasteiger partial charge is 0.310 e. The summed E-state index contributed by atoms with van der Waals surface area (Å²) in [5.41, 5.74) is 3.05. The highest BCUT2D eigenvalue weighted by molar-refractivity contribution is 5.31. The smallest absolute Gasteiger partial charge is 0.0335 e. The molecule has 1 N–H and O–H groups in total. The minimum absolute atomic E-state index is 0.641. The highest BCUT2D eigenvalue weighted by Gasteiger charge is 2.20. The van der Waals surface area contributed by atoms with Gasteiger partial charge in [0.2, 0.25) is 0 Å². The minimum atomic E-state index is 0.641. The van der Waals surface area contributed by atoms with Gasteiger partial charge in [-0.05, 0) is 30.5 Å². The Morgan fingerprint density at radius 2 is 2.15 bits per heavy atom. The number of nitrogens with one attached hydrogen (secondary N) is 1. The van der Waals surface area contributed by atoms with Crippen molar-refractivity contribution in [1.29, 1.82) is 0 Å². The monoisotopic (exact) mass is 175 g/mol. The van der Waals surface area contributed by atoms with E-state index < -0.39 is 0 Å². The molecule has 1 heterocycles. The van der Waals surface area contributed by atoms with Crippen molar-refractivity contribution in [3.05, 3.63) is 35.4 Å². The Hall–Kier alpha value is -0.820. The van der Waals surface area contributed by atoms with Crippen LogP contribution in [-0.2, 0) is 6.42 Å². The Kier molecular flexibility index (Phi) is 2.65. The van der Waals surface area contributed by atoms with Crippen molar-refractivity contribution in [3.63, 3.8) is 0 Å². The second-order valence-corrected chi connectivity index (χ2v) is 3.74. The maximum atomic E-state index is 3.46. The van der Waals surface area contributed by atoms with Gasteiger partial charge in [-0.15, -0.1) is 0 Å². The number of rotatable bonds is 3. The Morgan fingerprint density at radius 1 is 1.38 bits per heavy atom.